The SMILES string of the molecule is O=C(Oc1cc(C(Br)Br)ccc1Cl)c1ccccc1. The second-order valence-electron chi connectivity index (χ2n) is 3.75. The second kappa shape index (κ2) is 6.55. The van der Waals surface area contributed by atoms with E-state index in [9.17, 15) is 4.79 Å². The Morgan fingerprint density at radius 3 is 2.42 bits per heavy atom. The average Bonchev–Trinajstić information content (AvgIpc) is 2.42. The van der Waals surface area contributed by atoms with Crippen molar-refractivity contribution in [3.05, 3.63) is 64.7 Å². The highest BCUT2D eigenvalue weighted by molar-refractivity contribution is 9.24. The van der Waals surface area contributed by atoms with Crippen LogP contribution in [0, 0.1) is 0 Å². The molecule has 2 rings (SSSR count). The molecule has 0 aromatic heterocycles. The van der Waals surface area contributed by atoms with Crippen molar-refractivity contribution in [3.63, 3.8) is 0 Å². The molecule has 2 nitrogen and oxygen atoms in total. The van der Waals surface area contributed by atoms with Gasteiger partial charge in [-0.3, -0.25) is 0 Å². The van der Waals surface area contributed by atoms with E-state index in [-0.39, 0.29) is 3.74 Å². The van der Waals surface area contributed by atoms with Gasteiger partial charge in [0.05, 0.1) is 14.3 Å². The van der Waals surface area contributed by atoms with E-state index in [1.807, 2.05) is 12.1 Å². The first-order valence-corrected chi connectivity index (χ1v) is 7.63. The number of carbonyl (C=O) groups excluding carboxylic acids is 1. The molecule has 98 valence electrons. The molecule has 0 saturated heterocycles. The molecular formula is C14H9Br2ClO2. The first-order valence-electron chi connectivity index (χ1n) is 5.43. The zero-order chi connectivity index (χ0) is 13.8. The van der Waals surface area contributed by atoms with E-state index in [1.54, 1.807) is 36.4 Å². The normalized spacial score (nSPS) is 10.5. The van der Waals surface area contributed by atoms with Gasteiger partial charge in [-0.1, -0.05) is 67.7 Å². The molecule has 0 fully saturated rings. The molecular weight excluding hydrogens is 395 g/mol. The van der Waals surface area contributed by atoms with Crippen LogP contribution in [-0.2, 0) is 0 Å². The highest BCUT2D eigenvalue weighted by atomic mass is 79.9. The number of halogens is 3. The summed E-state index contributed by atoms with van der Waals surface area (Å²) in [5.41, 5.74) is 1.40. The number of esters is 1. The topological polar surface area (TPSA) is 26.3 Å². The van der Waals surface area contributed by atoms with E-state index in [2.05, 4.69) is 31.9 Å². The third-order valence-corrected chi connectivity index (χ3v) is 3.79. The number of carbonyl (C=O) groups is 1. The van der Waals surface area contributed by atoms with E-state index in [0.717, 1.165) is 5.56 Å². The van der Waals surface area contributed by atoms with Gasteiger partial charge in [0.15, 0.2) is 0 Å². The summed E-state index contributed by atoms with van der Waals surface area (Å²) >= 11 is 12.8. The van der Waals surface area contributed by atoms with E-state index in [0.29, 0.717) is 16.3 Å². The van der Waals surface area contributed by atoms with Crippen molar-refractivity contribution >= 4 is 49.4 Å². The maximum atomic E-state index is 11.9. The van der Waals surface area contributed by atoms with Crippen molar-refractivity contribution in [2.45, 2.75) is 3.74 Å². The molecule has 0 spiro atoms. The molecule has 2 aromatic carbocycles. The summed E-state index contributed by atoms with van der Waals surface area (Å²) in [6.45, 7) is 0. The van der Waals surface area contributed by atoms with E-state index in [4.69, 9.17) is 16.3 Å². The summed E-state index contributed by atoms with van der Waals surface area (Å²) in [4.78, 5) is 11.9. The Hall–Kier alpha value is -0.840. The Labute approximate surface area is 133 Å². The molecule has 0 N–H and O–H groups in total. The Morgan fingerprint density at radius 1 is 1.11 bits per heavy atom. The van der Waals surface area contributed by atoms with Crippen LogP contribution in [0.1, 0.15) is 19.7 Å². The van der Waals surface area contributed by atoms with Crippen molar-refractivity contribution < 1.29 is 9.53 Å². The lowest BCUT2D eigenvalue weighted by atomic mass is 10.2. The number of benzene rings is 2. The predicted molar refractivity (Wildman–Crippen MR) is 83.4 cm³/mol. The largest absolute Gasteiger partial charge is 0.421 e. The first-order chi connectivity index (χ1) is 9.08. The predicted octanol–water partition coefficient (Wildman–Crippen LogP) is 5.35. The molecule has 0 bridgehead atoms. The molecule has 19 heavy (non-hydrogen) atoms. The third kappa shape index (κ3) is 3.81. The Balaban J connectivity index is 2.24. The fourth-order valence-electron chi connectivity index (χ4n) is 1.47. The summed E-state index contributed by atoms with van der Waals surface area (Å²) in [6, 6.07) is 14.0. The monoisotopic (exact) mass is 402 g/mol. The Kier molecular flexibility index (Phi) is 5.02. The van der Waals surface area contributed by atoms with Crippen LogP contribution >= 0.6 is 43.5 Å². The number of ether oxygens (including phenoxy) is 1. The summed E-state index contributed by atoms with van der Waals surface area (Å²) in [5, 5.41) is 0.397. The van der Waals surface area contributed by atoms with Crippen molar-refractivity contribution in [2.75, 3.05) is 0 Å². The van der Waals surface area contributed by atoms with Crippen LogP contribution in [0.3, 0.4) is 0 Å². The van der Waals surface area contributed by atoms with Crippen molar-refractivity contribution in [3.8, 4) is 5.75 Å². The summed E-state index contributed by atoms with van der Waals surface area (Å²) in [7, 11) is 0. The lowest BCUT2D eigenvalue weighted by Crippen LogP contribution is -2.08. The minimum absolute atomic E-state index is 0.0218. The van der Waals surface area contributed by atoms with Gasteiger partial charge in [-0.05, 0) is 29.8 Å². The minimum Gasteiger partial charge on any atom is -0.421 e. The van der Waals surface area contributed by atoms with Gasteiger partial charge >= 0.3 is 5.97 Å². The number of hydrogen-bond donors (Lipinski definition) is 0. The molecule has 0 atom stereocenters. The zero-order valence-electron chi connectivity index (χ0n) is 9.65. The number of rotatable bonds is 3. The Morgan fingerprint density at radius 2 is 1.79 bits per heavy atom. The van der Waals surface area contributed by atoms with Gasteiger partial charge in [0.25, 0.3) is 0 Å². The number of alkyl halides is 2. The van der Waals surface area contributed by atoms with Crippen LogP contribution in [0.25, 0.3) is 0 Å². The van der Waals surface area contributed by atoms with Crippen molar-refractivity contribution in [2.24, 2.45) is 0 Å². The quantitative estimate of drug-likeness (QED) is 0.392. The molecule has 0 radical (unpaired) electrons. The molecule has 0 saturated carbocycles. The molecule has 0 aliphatic rings. The molecule has 0 aliphatic carbocycles. The van der Waals surface area contributed by atoms with Gasteiger partial charge in [0.1, 0.15) is 5.75 Å². The van der Waals surface area contributed by atoms with Crippen LogP contribution in [0.4, 0.5) is 0 Å². The third-order valence-electron chi connectivity index (χ3n) is 2.42. The van der Waals surface area contributed by atoms with Crippen LogP contribution in [0.2, 0.25) is 5.02 Å². The number of hydrogen-bond acceptors (Lipinski definition) is 2. The summed E-state index contributed by atoms with van der Waals surface area (Å²) in [5.74, 6) is -0.0859. The highest BCUT2D eigenvalue weighted by Gasteiger charge is 2.13. The first kappa shape index (κ1) is 14.6. The molecule has 0 unspecified atom stereocenters. The van der Waals surface area contributed by atoms with E-state index < -0.39 is 5.97 Å². The fraction of sp³-hybridized carbons (Fsp3) is 0.0714. The molecule has 0 amide bonds. The van der Waals surface area contributed by atoms with E-state index >= 15 is 0 Å². The lowest BCUT2D eigenvalue weighted by Gasteiger charge is -2.09. The maximum Gasteiger partial charge on any atom is 0.343 e. The van der Waals surface area contributed by atoms with Crippen LogP contribution in [0.5, 0.6) is 5.75 Å². The van der Waals surface area contributed by atoms with Gasteiger partial charge in [0, 0.05) is 0 Å². The standard InChI is InChI=1S/C14H9Br2ClO2/c15-13(16)10-6-7-11(17)12(8-10)19-14(18)9-4-2-1-3-5-9/h1-8,13H. The van der Waals surface area contributed by atoms with Crippen LogP contribution in [0.15, 0.2) is 48.5 Å². The molecule has 5 heteroatoms. The van der Waals surface area contributed by atoms with Gasteiger partial charge in [-0.25, -0.2) is 4.79 Å². The zero-order valence-corrected chi connectivity index (χ0v) is 13.6. The lowest BCUT2D eigenvalue weighted by molar-refractivity contribution is 0.0735. The summed E-state index contributed by atoms with van der Waals surface area (Å²) in [6.07, 6.45) is 0. The second-order valence-corrected chi connectivity index (χ2v) is 7.21. The highest BCUT2D eigenvalue weighted by Crippen LogP contribution is 2.34. The van der Waals surface area contributed by atoms with Gasteiger partial charge < -0.3 is 4.74 Å². The van der Waals surface area contributed by atoms with E-state index in [1.165, 1.54) is 0 Å². The molecule has 2 aromatic rings. The van der Waals surface area contributed by atoms with Gasteiger partial charge in [0.2, 0.25) is 0 Å². The minimum atomic E-state index is -0.430. The smallest absolute Gasteiger partial charge is 0.343 e. The van der Waals surface area contributed by atoms with Crippen molar-refractivity contribution in [1.82, 2.24) is 0 Å². The molecule has 0 heterocycles. The van der Waals surface area contributed by atoms with Crippen LogP contribution in [-0.4, -0.2) is 5.97 Å². The Bertz CT molecular complexity index is 585. The van der Waals surface area contributed by atoms with Gasteiger partial charge in [-0.2, -0.15) is 0 Å². The maximum absolute atomic E-state index is 11.9. The van der Waals surface area contributed by atoms with Gasteiger partial charge in [-0.15, -0.1) is 0 Å². The van der Waals surface area contributed by atoms with Crippen LogP contribution < -0.4 is 4.74 Å². The van der Waals surface area contributed by atoms with Crippen molar-refractivity contribution in [1.29, 1.82) is 0 Å². The summed E-state index contributed by atoms with van der Waals surface area (Å²) < 4.78 is 5.29. The average molecular weight is 404 g/mol. The fourth-order valence-corrected chi connectivity index (χ4v) is 2.19. The molecule has 0 aliphatic heterocycles.